The van der Waals surface area contributed by atoms with Crippen molar-refractivity contribution in [3.63, 3.8) is 0 Å². The Morgan fingerprint density at radius 3 is 2.84 bits per heavy atom. The first-order valence-electron chi connectivity index (χ1n) is 6.46. The van der Waals surface area contributed by atoms with E-state index in [9.17, 15) is 10.1 Å². The summed E-state index contributed by atoms with van der Waals surface area (Å²) in [5.74, 6) is 0.513. The first-order valence-corrected chi connectivity index (χ1v) is 6.46. The number of hydrogen-bond donors (Lipinski definition) is 1. The Bertz CT molecular complexity index is 477. The van der Waals surface area contributed by atoms with Crippen molar-refractivity contribution >= 4 is 11.8 Å². The molecule has 1 aliphatic heterocycles. The Kier molecular flexibility index (Phi) is 4.29. The highest BCUT2D eigenvalue weighted by Crippen LogP contribution is 2.19. The number of benzene rings is 1. The predicted octanol–water partition coefficient (Wildman–Crippen LogP) is 1.89. The summed E-state index contributed by atoms with van der Waals surface area (Å²) in [4.78, 5) is 12.8. The fraction of sp³-hybridized carbons (Fsp3) is 0.429. The van der Waals surface area contributed by atoms with Gasteiger partial charge in [0.2, 0.25) is 0 Å². The van der Waals surface area contributed by atoms with Crippen LogP contribution in [0.5, 0.6) is 0 Å². The van der Waals surface area contributed by atoms with Crippen LogP contribution in [-0.4, -0.2) is 35.5 Å². The van der Waals surface area contributed by atoms with Crippen LogP contribution in [-0.2, 0) is 0 Å². The number of rotatable bonds is 4. The normalized spacial score (nSPS) is 24.1. The molecule has 2 unspecified atom stereocenters. The summed E-state index contributed by atoms with van der Waals surface area (Å²) in [5.41, 5.74) is 6.75. The summed E-state index contributed by atoms with van der Waals surface area (Å²) in [7, 11) is 0. The van der Waals surface area contributed by atoms with E-state index in [2.05, 4.69) is 11.8 Å². The van der Waals surface area contributed by atoms with E-state index in [4.69, 9.17) is 5.73 Å². The lowest BCUT2D eigenvalue weighted by Gasteiger charge is -2.11. The molecule has 1 saturated heterocycles. The topological polar surface area (TPSA) is 72.4 Å². The van der Waals surface area contributed by atoms with E-state index in [-0.39, 0.29) is 16.7 Å². The van der Waals surface area contributed by atoms with Crippen molar-refractivity contribution in [2.75, 3.05) is 19.6 Å². The van der Waals surface area contributed by atoms with Gasteiger partial charge < -0.3 is 5.73 Å². The molecule has 102 valence electrons. The molecule has 1 aliphatic rings. The number of nitro groups is 1. The summed E-state index contributed by atoms with van der Waals surface area (Å²) in [5, 5.41) is 10.9. The zero-order chi connectivity index (χ0) is 13.8. The van der Waals surface area contributed by atoms with Crippen LogP contribution in [0.1, 0.15) is 12.5 Å². The van der Waals surface area contributed by atoms with E-state index in [1.807, 2.05) is 12.2 Å². The molecule has 1 fully saturated rings. The van der Waals surface area contributed by atoms with Crippen LogP contribution < -0.4 is 5.73 Å². The molecule has 19 heavy (non-hydrogen) atoms. The molecule has 0 saturated carbocycles. The van der Waals surface area contributed by atoms with E-state index < -0.39 is 0 Å². The SMILES string of the molecule is CC1CN(C/C=C/c2ccccc2[N+](=O)[O-])CC1N. The first kappa shape index (κ1) is 13.7. The minimum Gasteiger partial charge on any atom is -0.326 e. The summed E-state index contributed by atoms with van der Waals surface area (Å²) in [6, 6.07) is 7.00. The number of nitro benzene ring substituents is 1. The molecule has 1 aromatic rings. The maximum absolute atomic E-state index is 10.9. The molecule has 0 spiro atoms. The summed E-state index contributed by atoms with van der Waals surface area (Å²) < 4.78 is 0. The zero-order valence-electron chi connectivity index (χ0n) is 11.0. The van der Waals surface area contributed by atoms with E-state index in [1.165, 1.54) is 6.07 Å². The monoisotopic (exact) mass is 261 g/mol. The number of para-hydroxylation sites is 1. The van der Waals surface area contributed by atoms with Crippen LogP contribution >= 0.6 is 0 Å². The molecule has 5 heteroatoms. The molecule has 5 nitrogen and oxygen atoms in total. The molecule has 0 bridgehead atoms. The highest BCUT2D eigenvalue weighted by molar-refractivity contribution is 5.60. The highest BCUT2D eigenvalue weighted by atomic mass is 16.6. The van der Waals surface area contributed by atoms with Gasteiger partial charge in [0, 0.05) is 31.7 Å². The minimum atomic E-state index is -0.354. The Hall–Kier alpha value is -1.72. The van der Waals surface area contributed by atoms with E-state index >= 15 is 0 Å². The second kappa shape index (κ2) is 5.95. The third-order valence-electron chi connectivity index (χ3n) is 3.54. The Morgan fingerprint density at radius 1 is 1.47 bits per heavy atom. The van der Waals surface area contributed by atoms with E-state index in [1.54, 1.807) is 18.2 Å². The van der Waals surface area contributed by atoms with Gasteiger partial charge in [0.25, 0.3) is 5.69 Å². The molecule has 2 rings (SSSR count). The lowest BCUT2D eigenvalue weighted by molar-refractivity contribution is -0.385. The smallest absolute Gasteiger partial charge is 0.276 e. The fourth-order valence-electron chi connectivity index (χ4n) is 2.37. The van der Waals surface area contributed by atoms with Crippen LogP contribution in [0, 0.1) is 16.0 Å². The largest absolute Gasteiger partial charge is 0.326 e. The second-order valence-corrected chi connectivity index (χ2v) is 5.08. The van der Waals surface area contributed by atoms with Crippen LogP contribution in [0.2, 0.25) is 0 Å². The molecule has 0 aromatic heterocycles. The van der Waals surface area contributed by atoms with Crippen LogP contribution in [0.25, 0.3) is 6.08 Å². The van der Waals surface area contributed by atoms with Crippen molar-refractivity contribution in [2.45, 2.75) is 13.0 Å². The number of nitrogens with zero attached hydrogens (tertiary/aromatic N) is 2. The fourth-order valence-corrected chi connectivity index (χ4v) is 2.37. The molecule has 0 radical (unpaired) electrons. The molecule has 2 atom stereocenters. The second-order valence-electron chi connectivity index (χ2n) is 5.08. The standard InChI is InChI=1S/C14H19N3O2/c1-11-9-16(10-13(11)15)8-4-6-12-5-2-3-7-14(12)17(18)19/h2-7,11,13H,8-10,15H2,1H3/b6-4+. The van der Waals surface area contributed by atoms with Gasteiger partial charge in [-0.1, -0.05) is 31.2 Å². The third kappa shape index (κ3) is 3.39. The lowest BCUT2D eigenvalue weighted by atomic mass is 10.1. The van der Waals surface area contributed by atoms with Gasteiger partial charge in [0.05, 0.1) is 10.5 Å². The average Bonchev–Trinajstić information content (AvgIpc) is 2.69. The number of nitrogens with two attached hydrogens (primary N) is 1. The van der Waals surface area contributed by atoms with Crippen LogP contribution in [0.15, 0.2) is 30.3 Å². The third-order valence-corrected chi connectivity index (χ3v) is 3.54. The summed E-state index contributed by atoms with van der Waals surface area (Å²) in [6.07, 6.45) is 3.78. The number of likely N-dealkylation sites (tertiary alicyclic amines) is 1. The molecule has 2 N–H and O–H groups in total. The van der Waals surface area contributed by atoms with Crippen LogP contribution in [0.3, 0.4) is 0 Å². The molecular weight excluding hydrogens is 242 g/mol. The predicted molar refractivity (Wildman–Crippen MR) is 75.7 cm³/mol. The average molecular weight is 261 g/mol. The van der Waals surface area contributed by atoms with Crippen molar-refractivity contribution in [3.8, 4) is 0 Å². The van der Waals surface area contributed by atoms with Gasteiger partial charge in [-0.3, -0.25) is 15.0 Å². The van der Waals surface area contributed by atoms with Crippen molar-refractivity contribution in [3.05, 3.63) is 46.0 Å². The summed E-state index contributed by atoms with van der Waals surface area (Å²) >= 11 is 0. The van der Waals surface area contributed by atoms with Gasteiger partial charge in [0.1, 0.15) is 0 Å². The maximum Gasteiger partial charge on any atom is 0.276 e. The van der Waals surface area contributed by atoms with Gasteiger partial charge in [-0.05, 0) is 12.0 Å². The van der Waals surface area contributed by atoms with E-state index in [0.717, 1.165) is 19.6 Å². The first-order chi connectivity index (χ1) is 9.08. The highest BCUT2D eigenvalue weighted by Gasteiger charge is 2.25. The molecule has 1 heterocycles. The lowest BCUT2D eigenvalue weighted by Crippen LogP contribution is -2.28. The Morgan fingerprint density at radius 2 is 2.21 bits per heavy atom. The quantitative estimate of drug-likeness (QED) is 0.663. The van der Waals surface area contributed by atoms with Crippen LogP contribution in [0.4, 0.5) is 5.69 Å². The molecule has 0 amide bonds. The molecule has 1 aromatic carbocycles. The minimum absolute atomic E-state index is 0.144. The maximum atomic E-state index is 10.9. The van der Waals surface area contributed by atoms with Crippen molar-refractivity contribution in [1.29, 1.82) is 0 Å². The van der Waals surface area contributed by atoms with Gasteiger partial charge in [-0.25, -0.2) is 0 Å². The van der Waals surface area contributed by atoms with Crippen molar-refractivity contribution < 1.29 is 4.92 Å². The van der Waals surface area contributed by atoms with Gasteiger partial charge in [-0.15, -0.1) is 0 Å². The van der Waals surface area contributed by atoms with Crippen molar-refractivity contribution in [1.82, 2.24) is 4.90 Å². The Labute approximate surface area is 112 Å². The van der Waals surface area contributed by atoms with Gasteiger partial charge in [0.15, 0.2) is 0 Å². The summed E-state index contributed by atoms with van der Waals surface area (Å²) in [6.45, 7) is 4.81. The van der Waals surface area contributed by atoms with Crippen molar-refractivity contribution in [2.24, 2.45) is 11.7 Å². The zero-order valence-corrected chi connectivity index (χ0v) is 11.0. The molecular formula is C14H19N3O2. The van der Waals surface area contributed by atoms with E-state index in [0.29, 0.717) is 11.5 Å². The molecule has 0 aliphatic carbocycles. The van der Waals surface area contributed by atoms with Gasteiger partial charge in [-0.2, -0.15) is 0 Å². The Balaban J connectivity index is 1.98. The van der Waals surface area contributed by atoms with Gasteiger partial charge >= 0.3 is 0 Å². The number of hydrogen-bond acceptors (Lipinski definition) is 4.